The van der Waals surface area contributed by atoms with E-state index in [1.807, 2.05) is 43.0 Å². The van der Waals surface area contributed by atoms with Crippen molar-refractivity contribution in [3.63, 3.8) is 0 Å². The van der Waals surface area contributed by atoms with Crippen LogP contribution in [0.1, 0.15) is 32.3 Å². The number of hydrogen-bond acceptors (Lipinski definition) is 2. The first-order valence-electron chi connectivity index (χ1n) is 6.16. The Labute approximate surface area is 103 Å². The predicted octanol–water partition coefficient (Wildman–Crippen LogP) is 3.07. The molecule has 0 aliphatic heterocycles. The van der Waals surface area contributed by atoms with Crippen LogP contribution in [0.25, 0.3) is 0 Å². The van der Waals surface area contributed by atoms with Gasteiger partial charge >= 0.3 is 5.97 Å². The number of carboxylic acids is 1. The zero-order valence-corrected chi connectivity index (χ0v) is 10.8. The van der Waals surface area contributed by atoms with Crippen molar-refractivity contribution in [3.05, 3.63) is 29.8 Å². The fourth-order valence-corrected chi connectivity index (χ4v) is 1.97. The van der Waals surface area contributed by atoms with Crippen LogP contribution in [0.2, 0.25) is 0 Å². The first kappa shape index (κ1) is 13.6. The number of aliphatic carboxylic acids is 1. The molecule has 17 heavy (non-hydrogen) atoms. The van der Waals surface area contributed by atoms with E-state index >= 15 is 0 Å². The number of anilines is 1. The molecule has 0 saturated carbocycles. The molecule has 1 N–H and O–H groups in total. The summed E-state index contributed by atoms with van der Waals surface area (Å²) in [7, 11) is 0. The van der Waals surface area contributed by atoms with E-state index in [1.165, 1.54) is 5.56 Å². The van der Waals surface area contributed by atoms with Gasteiger partial charge in [0, 0.05) is 12.2 Å². The van der Waals surface area contributed by atoms with Crippen LogP contribution in [0, 0.1) is 6.92 Å². The Morgan fingerprint density at radius 2 is 1.88 bits per heavy atom. The van der Waals surface area contributed by atoms with E-state index in [1.54, 1.807) is 0 Å². The first-order chi connectivity index (χ1) is 8.10. The minimum absolute atomic E-state index is 0.433. The number of carboxylic acid groups (broad SMARTS) is 1. The molecule has 1 aromatic carbocycles. The largest absolute Gasteiger partial charge is 0.480 e. The van der Waals surface area contributed by atoms with Gasteiger partial charge in [-0.1, -0.05) is 31.5 Å². The monoisotopic (exact) mass is 235 g/mol. The highest BCUT2D eigenvalue weighted by atomic mass is 16.4. The zero-order chi connectivity index (χ0) is 12.8. The lowest BCUT2D eigenvalue weighted by atomic mass is 10.1. The number of benzene rings is 1. The van der Waals surface area contributed by atoms with Crippen molar-refractivity contribution < 1.29 is 9.90 Å². The molecule has 1 atom stereocenters. The average Bonchev–Trinajstić information content (AvgIpc) is 2.29. The van der Waals surface area contributed by atoms with Crippen molar-refractivity contribution in [1.29, 1.82) is 0 Å². The molecule has 0 bridgehead atoms. The molecular weight excluding hydrogens is 214 g/mol. The molecule has 0 saturated heterocycles. The summed E-state index contributed by atoms with van der Waals surface area (Å²) in [6.07, 6.45) is 1.56. The van der Waals surface area contributed by atoms with Gasteiger partial charge in [-0.3, -0.25) is 0 Å². The molecule has 3 heteroatoms. The summed E-state index contributed by atoms with van der Waals surface area (Å²) in [5, 5.41) is 9.24. The Bertz CT molecular complexity index is 359. The zero-order valence-electron chi connectivity index (χ0n) is 10.8. The van der Waals surface area contributed by atoms with E-state index in [9.17, 15) is 9.90 Å². The predicted molar refractivity (Wildman–Crippen MR) is 70.5 cm³/mol. The third-order valence-electron chi connectivity index (χ3n) is 2.88. The van der Waals surface area contributed by atoms with E-state index < -0.39 is 12.0 Å². The van der Waals surface area contributed by atoms with Gasteiger partial charge < -0.3 is 10.0 Å². The summed E-state index contributed by atoms with van der Waals surface area (Å²) in [5.41, 5.74) is 2.18. The summed E-state index contributed by atoms with van der Waals surface area (Å²) in [6, 6.07) is 7.60. The fraction of sp³-hybridized carbons (Fsp3) is 0.500. The van der Waals surface area contributed by atoms with Gasteiger partial charge in [0.1, 0.15) is 6.04 Å². The summed E-state index contributed by atoms with van der Waals surface area (Å²) < 4.78 is 0. The second kappa shape index (κ2) is 6.28. The Balaban J connectivity index is 2.98. The molecule has 0 aliphatic carbocycles. The van der Waals surface area contributed by atoms with Crippen molar-refractivity contribution in [2.45, 2.75) is 39.7 Å². The molecule has 0 aliphatic rings. The third-order valence-corrected chi connectivity index (χ3v) is 2.88. The number of nitrogens with zero attached hydrogens (tertiary/aromatic N) is 1. The highest BCUT2D eigenvalue weighted by Crippen LogP contribution is 2.20. The van der Waals surface area contributed by atoms with E-state index in [0.717, 1.165) is 18.7 Å². The molecule has 0 unspecified atom stereocenters. The maximum Gasteiger partial charge on any atom is 0.326 e. The van der Waals surface area contributed by atoms with E-state index in [4.69, 9.17) is 0 Å². The van der Waals surface area contributed by atoms with Gasteiger partial charge in [0.25, 0.3) is 0 Å². The SMILES string of the molecule is CCCN(c1ccc(C)cc1)[C@H](CC)C(=O)O. The molecule has 0 amide bonds. The maximum atomic E-state index is 11.2. The van der Waals surface area contributed by atoms with Crippen molar-refractivity contribution in [1.82, 2.24) is 0 Å². The molecule has 3 nitrogen and oxygen atoms in total. The Morgan fingerprint density at radius 1 is 1.29 bits per heavy atom. The van der Waals surface area contributed by atoms with Gasteiger partial charge in [-0.2, -0.15) is 0 Å². The van der Waals surface area contributed by atoms with Crippen LogP contribution in [0.5, 0.6) is 0 Å². The van der Waals surface area contributed by atoms with E-state index in [0.29, 0.717) is 6.42 Å². The average molecular weight is 235 g/mol. The topological polar surface area (TPSA) is 40.5 Å². The van der Waals surface area contributed by atoms with Crippen LogP contribution in [0.15, 0.2) is 24.3 Å². The molecule has 94 valence electrons. The van der Waals surface area contributed by atoms with Crippen LogP contribution in [0.4, 0.5) is 5.69 Å². The van der Waals surface area contributed by atoms with Gasteiger partial charge in [-0.05, 0) is 31.9 Å². The molecule has 0 heterocycles. The quantitative estimate of drug-likeness (QED) is 0.823. The van der Waals surface area contributed by atoms with Crippen LogP contribution in [-0.4, -0.2) is 23.7 Å². The Hall–Kier alpha value is -1.51. The summed E-state index contributed by atoms with van der Waals surface area (Å²) in [5.74, 6) is -0.749. The molecule has 1 rings (SSSR count). The van der Waals surface area contributed by atoms with Crippen LogP contribution in [0.3, 0.4) is 0 Å². The van der Waals surface area contributed by atoms with E-state index in [2.05, 4.69) is 6.92 Å². The first-order valence-corrected chi connectivity index (χ1v) is 6.16. The highest BCUT2D eigenvalue weighted by Gasteiger charge is 2.23. The van der Waals surface area contributed by atoms with Crippen molar-refractivity contribution in [2.24, 2.45) is 0 Å². The smallest absolute Gasteiger partial charge is 0.326 e. The number of rotatable bonds is 6. The number of hydrogen-bond donors (Lipinski definition) is 1. The lowest BCUT2D eigenvalue weighted by Gasteiger charge is -2.30. The molecule has 0 spiro atoms. The van der Waals surface area contributed by atoms with Gasteiger partial charge in [-0.25, -0.2) is 4.79 Å². The Kier molecular flexibility index (Phi) is 5.01. The van der Waals surface area contributed by atoms with Crippen LogP contribution < -0.4 is 4.90 Å². The maximum absolute atomic E-state index is 11.2. The highest BCUT2D eigenvalue weighted by molar-refractivity contribution is 5.78. The summed E-state index contributed by atoms with van der Waals surface area (Å²) in [4.78, 5) is 13.2. The van der Waals surface area contributed by atoms with Crippen LogP contribution >= 0.6 is 0 Å². The third kappa shape index (κ3) is 3.48. The van der Waals surface area contributed by atoms with E-state index in [-0.39, 0.29) is 0 Å². The van der Waals surface area contributed by atoms with Gasteiger partial charge in [-0.15, -0.1) is 0 Å². The molecule has 0 aromatic heterocycles. The van der Waals surface area contributed by atoms with Gasteiger partial charge in [0.05, 0.1) is 0 Å². The lowest BCUT2D eigenvalue weighted by Crippen LogP contribution is -2.41. The second-order valence-corrected chi connectivity index (χ2v) is 4.29. The van der Waals surface area contributed by atoms with Crippen molar-refractivity contribution in [3.8, 4) is 0 Å². The number of aryl methyl sites for hydroxylation is 1. The minimum atomic E-state index is -0.749. The molecule has 1 aromatic rings. The standard InChI is InChI=1S/C14H21NO2/c1-4-10-15(13(5-2)14(16)17)12-8-6-11(3)7-9-12/h6-9,13H,4-5,10H2,1-3H3,(H,16,17)/t13-/m1/s1. The van der Waals surface area contributed by atoms with Crippen LogP contribution in [-0.2, 0) is 4.79 Å². The fourth-order valence-electron chi connectivity index (χ4n) is 1.97. The summed E-state index contributed by atoms with van der Waals surface area (Å²) >= 11 is 0. The molecule has 0 radical (unpaired) electrons. The van der Waals surface area contributed by atoms with Gasteiger partial charge in [0.2, 0.25) is 0 Å². The normalized spacial score (nSPS) is 12.2. The van der Waals surface area contributed by atoms with Crippen molar-refractivity contribution in [2.75, 3.05) is 11.4 Å². The molecule has 0 fully saturated rings. The van der Waals surface area contributed by atoms with Crippen molar-refractivity contribution >= 4 is 11.7 Å². The van der Waals surface area contributed by atoms with Gasteiger partial charge in [0.15, 0.2) is 0 Å². The summed E-state index contributed by atoms with van der Waals surface area (Å²) in [6.45, 7) is 6.78. The number of carbonyl (C=O) groups is 1. The minimum Gasteiger partial charge on any atom is -0.480 e. The molecular formula is C14H21NO2. The Morgan fingerprint density at radius 3 is 2.29 bits per heavy atom. The lowest BCUT2D eigenvalue weighted by molar-refractivity contribution is -0.138. The second-order valence-electron chi connectivity index (χ2n) is 4.29.